The lowest BCUT2D eigenvalue weighted by Crippen LogP contribution is -2.22. The van der Waals surface area contributed by atoms with Gasteiger partial charge in [-0.1, -0.05) is 12.1 Å². The van der Waals surface area contributed by atoms with Crippen LogP contribution in [-0.2, 0) is 10.0 Å². The van der Waals surface area contributed by atoms with Crippen LogP contribution in [0, 0.1) is 11.3 Å². The predicted octanol–water partition coefficient (Wildman–Crippen LogP) is 5.61. The molecule has 33 heavy (non-hydrogen) atoms. The van der Waals surface area contributed by atoms with E-state index in [4.69, 9.17) is 4.74 Å². The van der Waals surface area contributed by atoms with Crippen LogP contribution in [-0.4, -0.2) is 31.0 Å². The summed E-state index contributed by atoms with van der Waals surface area (Å²) < 4.78 is 71.4. The maximum absolute atomic E-state index is 12.6. The number of hydrogen-bond donors (Lipinski definition) is 1. The number of aromatic nitrogens is 1. The summed E-state index contributed by atoms with van der Waals surface area (Å²) in [5.74, 6) is 0.0775. The third kappa shape index (κ3) is 4.78. The number of ether oxygens (including phenoxy) is 1. The fourth-order valence-corrected chi connectivity index (χ4v) is 4.33. The molecule has 0 atom stereocenters. The minimum atomic E-state index is -4.45. The molecule has 0 unspecified atom stereocenters. The zero-order chi connectivity index (χ0) is 24.0. The number of nitrogens with one attached hydrogen (secondary N) is 1. The summed E-state index contributed by atoms with van der Waals surface area (Å²) in [6.07, 6.45) is -2.67. The normalized spacial score (nSPS) is 14.5. The molecule has 6 nitrogen and oxygen atoms in total. The first-order chi connectivity index (χ1) is 15.5. The second-order valence-electron chi connectivity index (χ2n) is 8.29. The van der Waals surface area contributed by atoms with Gasteiger partial charge >= 0.3 is 6.18 Å². The Kier molecular flexibility index (Phi) is 5.78. The fourth-order valence-electron chi connectivity index (χ4n) is 3.63. The molecule has 174 valence electrons. The van der Waals surface area contributed by atoms with E-state index in [2.05, 4.69) is 10.8 Å². The molecule has 0 radical (unpaired) electrons. The first-order valence-electron chi connectivity index (χ1n) is 10.4. The van der Waals surface area contributed by atoms with Crippen molar-refractivity contribution in [3.63, 3.8) is 0 Å². The number of alkyl halides is 3. The summed E-state index contributed by atoms with van der Waals surface area (Å²) in [7, 11) is -3.50. The number of nitrogens with zero attached hydrogens (tertiary/aromatic N) is 2. The Hall–Kier alpha value is -3.19. The molecule has 1 N–H and O–H groups in total. The Morgan fingerprint density at radius 3 is 2.39 bits per heavy atom. The Labute approximate surface area is 189 Å². The van der Waals surface area contributed by atoms with E-state index in [1.165, 1.54) is 12.1 Å². The maximum Gasteiger partial charge on any atom is 0.422 e. The van der Waals surface area contributed by atoms with Crippen LogP contribution >= 0.6 is 0 Å². The van der Waals surface area contributed by atoms with E-state index in [1.54, 1.807) is 44.2 Å². The number of nitriles is 1. The molecule has 2 aromatic carbocycles. The lowest BCUT2D eigenvalue weighted by atomic mass is 10.1. The highest BCUT2D eigenvalue weighted by Crippen LogP contribution is 2.45. The number of hydrogen-bond acceptors (Lipinski definition) is 4. The molecule has 0 spiro atoms. The van der Waals surface area contributed by atoms with Gasteiger partial charge in [-0.15, -0.1) is 0 Å². The smallest absolute Gasteiger partial charge is 0.422 e. The fraction of sp³-hybridized carbons (Fsp3) is 0.348. The monoisotopic (exact) mass is 477 g/mol. The quantitative estimate of drug-likeness (QED) is 0.480. The third-order valence-corrected chi connectivity index (χ3v) is 7.20. The second-order valence-corrected chi connectivity index (χ2v) is 10.5. The van der Waals surface area contributed by atoms with Crippen molar-refractivity contribution < 1.29 is 26.3 Å². The van der Waals surface area contributed by atoms with Crippen LogP contribution in [0.25, 0.3) is 22.2 Å². The van der Waals surface area contributed by atoms with E-state index in [0.29, 0.717) is 33.4 Å². The average molecular weight is 478 g/mol. The van der Waals surface area contributed by atoms with Crippen LogP contribution in [0.15, 0.2) is 42.5 Å². The average Bonchev–Trinajstić information content (AvgIpc) is 3.53. The molecule has 4 rings (SSSR count). The molecular formula is C23H22F3N3O3S. The summed E-state index contributed by atoms with van der Waals surface area (Å²) in [6.45, 7) is 1.77. The first kappa shape index (κ1) is 23.0. The molecular weight excluding hydrogens is 455 g/mol. The highest BCUT2D eigenvalue weighted by atomic mass is 32.2. The van der Waals surface area contributed by atoms with E-state index < -0.39 is 28.1 Å². The van der Waals surface area contributed by atoms with Crippen LogP contribution < -0.4 is 9.46 Å². The SMILES string of the molecule is CC(C)S(=O)(=O)Nc1ccc(-c2c(C#N)c3ccc(OCC(F)(F)F)cc3n2C2CC2)cc1. The van der Waals surface area contributed by atoms with Gasteiger partial charge in [0, 0.05) is 23.2 Å². The molecule has 1 heterocycles. The number of anilines is 1. The molecule has 1 saturated carbocycles. The summed E-state index contributed by atoms with van der Waals surface area (Å²) in [5, 5.41) is 9.94. The summed E-state index contributed by atoms with van der Waals surface area (Å²) in [4.78, 5) is 0. The number of halogens is 3. The van der Waals surface area contributed by atoms with Gasteiger partial charge in [0.05, 0.1) is 22.0 Å². The van der Waals surface area contributed by atoms with E-state index in [1.807, 2.05) is 4.57 Å². The van der Waals surface area contributed by atoms with Crippen molar-refractivity contribution in [2.75, 3.05) is 11.3 Å². The minimum Gasteiger partial charge on any atom is -0.484 e. The third-order valence-electron chi connectivity index (χ3n) is 5.44. The first-order valence-corrected chi connectivity index (χ1v) is 11.9. The minimum absolute atomic E-state index is 0.0775. The zero-order valence-electron chi connectivity index (χ0n) is 18.0. The van der Waals surface area contributed by atoms with Crippen molar-refractivity contribution in [3.05, 3.63) is 48.0 Å². The summed E-state index contributed by atoms with van der Waals surface area (Å²) in [6, 6.07) is 13.6. The second kappa shape index (κ2) is 8.30. The van der Waals surface area contributed by atoms with Gasteiger partial charge in [0.15, 0.2) is 6.61 Å². The van der Waals surface area contributed by atoms with Gasteiger partial charge < -0.3 is 9.30 Å². The number of sulfonamides is 1. The maximum atomic E-state index is 12.6. The van der Waals surface area contributed by atoms with Crippen LogP contribution in [0.3, 0.4) is 0 Å². The number of rotatable bonds is 7. The topological polar surface area (TPSA) is 84.1 Å². The Morgan fingerprint density at radius 2 is 1.85 bits per heavy atom. The molecule has 1 aliphatic carbocycles. The predicted molar refractivity (Wildman–Crippen MR) is 120 cm³/mol. The molecule has 3 aromatic rings. The molecule has 10 heteroatoms. The van der Waals surface area contributed by atoms with Gasteiger partial charge in [-0.05, 0) is 56.5 Å². The van der Waals surface area contributed by atoms with Crippen LogP contribution in [0.5, 0.6) is 5.75 Å². The Morgan fingerprint density at radius 1 is 1.18 bits per heavy atom. The summed E-state index contributed by atoms with van der Waals surface area (Å²) in [5.41, 5.74) is 2.81. The van der Waals surface area contributed by atoms with Gasteiger partial charge in [0.1, 0.15) is 11.8 Å². The number of benzene rings is 2. The Balaban J connectivity index is 1.77. The highest BCUT2D eigenvalue weighted by molar-refractivity contribution is 7.93. The lowest BCUT2D eigenvalue weighted by molar-refractivity contribution is -0.153. The molecule has 0 amide bonds. The van der Waals surface area contributed by atoms with Crippen molar-refractivity contribution >= 4 is 26.6 Å². The van der Waals surface area contributed by atoms with Gasteiger partial charge in [-0.25, -0.2) is 8.42 Å². The van der Waals surface area contributed by atoms with Crippen molar-refractivity contribution in [3.8, 4) is 23.1 Å². The van der Waals surface area contributed by atoms with Crippen LogP contribution in [0.1, 0.15) is 38.3 Å². The van der Waals surface area contributed by atoms with Gasteiger partial charge in [-0.3, -0.25) is 4.72 Å². The molecule has 1 fully saturated rings. The zero-order valence-corrected chi connectivity index (χ0v) is 18.8. The standard InChI is InChI=1S/C23H22F3N3O3S/c1-14(2)33(30,31)28-16-5-3-15(4-6-16)22-20(12-27)19-10-9-18(32-13-23(24,25)26)11-21(19)29(22)17-7-8-17/h3-6,9-11,14,17,28H,7-8,13H2,1-2H3. The number of fused-ring (bicyclic) bond motifs is 1. The van der Waals surface area contributed by atoms with E-state index in [0.717, 1.165) is 12.8 Å². The summed E-state index contributed by atoms with van der Waals surface area (Å²) >= 11 is 0. The van der Waals surface area contributed by atoms with Gasteiger partial charge in [0.25, 0.3) is 0 Å². The highest BCUT2D eigenvalue weighted by Gasteiger charge is 2.32. The van der Waals surface area contributed by atoms with Gasteiger partial charge in [-0.2, -0.15) is 18.4 Å². The van der Waals surface area contributed by atoms with E-state index >= 15 is 0 Å². The molecule has 1 aliphatic rings. The largest absolute Gasteiger partial charge is 0.484 e. The van der Waals surface area contributed by atoms with E-state index in [9.17, 15) is 26.9 Å². The molecule has 0 bridgehead atoms. The van der Waals surface area contributed by atoms with Crippen molar-refractivity contribution in [2.45, 2.75) is 44.2 Å². The van der Waals surface area contributed by atoms with Crippen molar-refractivity contribution in [1.29, 1.82) is 5.26 Å². The van der Waals surface area contributed by atoms with E-state index in [-0.39, 0.29) is 11.8 Å². The molecule has 0 saturated heterocycles. The lowest BCUT2D eigenvalue weighted by Gasteiger charge is -2.13. The molecule has 1 aromatic heterocycles. The van der Waals surface area contributed by atoms with Gasteiger partial charge in [0.2, 0.25) is 10.0 Å². The van der Waals surface area contributed by atoms with Crippen LogP contribution in [0.2, 0.25) is 0 Å². The van der Waals surface area contributed by atoms with Crippen LogP contribution in [0.4, 0.5) is 18.9 Å². The molecule has 0 aliphatic heterocycles. The van der Waals surface area contributed by atoms with Crippen molar-refractivity contribution in [2.24, 2.45) is 0 Å². The Bertz CT molecular complexity index is 1330. The van der Waals surface area contributed by atoms with Crippen molar-refractivity contribution in [1.82, 2.24) is 4.57 Å².